The van der Waals surface area contributed by atoms with Gasteiger partial charge >= 0.3 is 5.97 Å². The fourth-order valence-electron chi connectivity index (χ4n) is 2.72. The Bertz CT molecular complexity index is 736. The van der Waals surface area contributed by atoms with Crippen molar-refractivity contribution in [3.8, 4) is 5.75 Å². The Morgan fingerprint density at radius 1 is 1.00 bits per heavy atom. The molecule has 1 aliphatic rings. The zero-order valence-electron chi connectivity index (χ0n) is 14.1. The summed E-state index contributed by atoms with van der Waals surface area (Å²) in [4.78, 5) is 25.5. The summed E-state index contributed by atoms with van der Waals surface area (Å²) in [6, 6.07) is 14.3. The molecule has 0 aromatic heterocycles. The summed E-state index contributed by atoms with van der Waals surface area (Å²) < 4.78 is 4.97. The molecule has 0 unspecified atom stereocenters. The number of ether oxygens (including phenoxy) is 1. The second-order valence-corrected chi connectivity index (χ2v) is 5.86. The van der Waals surface area contributed by atoms with Crippen LogP contribution in [0.15, 0.2) is 48.5 Å². The lowest BCUT2D eigenvalue weighted by Crippen LogP contribution is -2.43. The van der Waals surface area contributed by atoms with Gasteiger partial charge in [0, 0.05) is 50.0 Å². The number of piperazine rings is 1. The van der Waals surface area contributed by atoms with Crippen LogP contribution in [0.5, 0.6) is 5.75 Å². The van der Waals surface area contributed by atoms with Crippen LogP contribution in [-0.2, 0) is 4.79 Å². The standard InChI is InChI=1S/C19H21N3O3/c1-14(23)25-18-8-4-16(5-9-18)21-19(24)15-2-6-17(7-3-15)22-12-10-20-11-13-22/h2-9,20H,10-13H2,1H3,(H,21,24). The highest BCUT2D eigenvalue weighted by Crippen LogP contribution is 2.19. The average Bonchev–Trinajstić information content (AvgIpc) is 2.64. The number of hydrogen-bond donors (Lipinski definition) is 2. The van der Waals surface area contributed by atoms with Crippen molar-refractivity contribution in [2.45, 2.75) is 6.92 Å². The molecule has 6 nitrogen and oxygen atoms in total. The Morgan fingerprint density at radius 3 is 2.24 bits per heavy atom. The molecule has 6 heteroatoms. The topological polar surface area (TPSA) is 70.7 Å². The van der Waals surface area contributed by atoms with Crippen LogP contribution >= 0.6 is 0 Å². The molecule has 1 aliphatic heterocycles. The van der Waals surface area contributed by atoms with Crippen molar-refractivity contribution in [3.05, 3.63) is 54.1 Å². The Balaban J connectivity index is 1.61. The molecule has 0 saturated carbocycles. The van der Waals surface area contributed by atoms with Crippen LogP contribution in [0.25, 0.3) is 0 Å². The number of esters is 1. The van der Waals surface area contributed by atoms with Gasteiger partial charge in [-0.05, 0) is 48.5 Å². The number of carbonyl (C=O) groups excluding carboxylic acids is 2. The van der Waals surface area contributed by atoms with Crippen molar-refractivity contribution in [1.29, 1.82) is 0 Å². The molecule has 2 N–H and O–H groups in total. The Kier molecular flexibility index (Phi) is 5.30. The quantitative estimate of drug-likeness (QED) is 0.660. The molecule has 2 aromatic carbocycles. The number of nitrogens with one attached hydrogen (secondary N) is 2. The van der Waals surface area contributed by atoms with Crippen molar-refractivity contribution in [2.24, 2.45) is 0 Å². The average molecular weight is 339 g/mol. The summed E-state index contributed by atoms with van der Waals surface area (Å²) in [6.07, 6.45) is 0. The third-order valence-corrected chi connectivity index (χ3v) is 3.99. The first-order valence-electron chi connectivity index (χ1n) is 8.27. The maximum Gasteiger partial charge on any atom is 0.308 e. The molecule has 2 aromatic rings. The summed E-state index contributed by atoms with van der Waals surface area (Å²) in [7, 11) is 0. The van der Waals surface area contributed by atoms with Crippen LogP contribution < -0.4 is 20.3 Å². The van der Waals surface area contributed by atoms with Crippen LogP contribution in [0.2, 0.25) is 0 Å². The van der Waals surface area contributed by atoms with Crippen molar-refractivity contribution in [1.82, 2.24) is 5.32 Å². The molecule has 0 radical (unpaired) electrons. The molecule has 1 fully saturated rings. The predicted octanol–water partition coefficient (Wildman–Crippen LogP) is 2.27. The van der Waals surface area contributed by atoms with Crippen molar-refractivity contribution < 1.29 is 14.3 Å². The minimum atomic E-state index is -0.374. The van der Waals surface area contributed by atoms with Gasteiger partial charge in [-0.1, -0.05) is 0 Å². The first-order chi connectivity index (χ1) is 12.1. The number of rotatable bonds is 4. The largest absolute Gasteiger partial charge is 0.427 e. The monoisotopic (exact) mass is 339 g/mol. The van der Waals surface area contributed by atoms with E-state index in [4.69, 9.17) is 4.74 Å². The predicted molar refractivity (Wildman–Crippen MR) is 97.2 cm³/mol. The third kappa shape index (κ3) is 4.58. The van der Waals surface area contributed by atoms with Gasteiger partial charge in [-0.3, -0.25) is 9.59 Å². The van der Waals surface area contributed by atoms with Crippen LogP contribution in [0.3, 0.4) is 0 Å². The zero-order valence-corrected chi connectivity index (χ0v) is 14.1. The molecular formula is C19H21N3O3. The lowest BCUT2D eigenvalue weighted by molar-refractivity contribution is -0.131. The van der Waals surface area contributed by atoms with Gasteiger partial charge in [0.25, 0.3) is 5.91 Å². The van der Waals surface area contributed by atoms with Crippen LogP contribution in [0.4, 0.5) is 11.4 Å². The number of hydrogen-bond acceptors (Lipinski definition) is 5. The molecule has 0 atom stereocenters. The lowest BCUT2D eigenvalue weighted by atomic mass is 10.1. The lowest BCUT2D eigenvalue weighted by Gasteiger charge is -2.29. The number of anilines is 2. The molecule has 25 heavy (non-hydrogen) atoms. The van der Waals surface area contributed by atoms with Gasteiger partial charge in [-0.2, -0.15) is 0 Å². The number of nitrogens with zero attached hydrogens (tertiary/aromatic N) is 1. The number of benzene rings is 2. The Morgan fingerprint density at radius 2 is 1.64 bits per heavy atom. The molecule has 1 amide bonds. The van der Waals surface area contributed by atoms with E-state index < -0.39 is 0 Å². The van der Waals surface area contributed by atoms with Gasteiger partial charge in [0.15, 0.2) is 0 Å². The smallest absolute Gasteiger partial charge is 0.308 e. The zero-order chi connectivity index (χ0) is 17.6. The van der Waals surface area contributed by atoms with E-state index in [1.807, 2.05) is 24.3 Å². The Hall–Kier alpha value is -2.86. The fourth-order valence-corrected chi connectivity index (χ4v) is 2.72. The van der Waals surface area contributed by atoms with Crippen LogP contribution in [0, 0.1) is 0 Å². The van der Waals surface area contributed by atoms with E-state index in [9.17, 15) is 9.59 Å². The molecule has 0 aliphatic carbocycles. The summed E-state index contributed by atoms with van der Waals surface area (Å²) in [6.45, 7) is 5.25. The van der Waals surface area contributed by atoms with Crippen LogP contribution in [0.1, 0.15) is 17.3 Å². The first-order valence-corrected chi connectivity index (χ1v) is 8.27. The van der Waals surface area contributed by atoms with Gasteiger partial charge in [-0.25, -0.2) is 0 Å². The maximum atomic E-state index is 12.3. The summed E-state index contributed by atoms with van der Waals surface area (Å²) >= 11 is 0. The van der Waals surface area contributed by atoms with Gasteiger partial charge in [0.2, 0.25) is 0 Å². The van der Waals surface area contributed by atoms with Crippen molar-refractivity contribution in [3.63, 3.8) is 0 Å². The van der Waals surface area contributed by atoms with Gasteiger partial charge in [0.05, 0.1) is 0 Å². The molecule has 0 spiro atoms. The minimum Gasteiger partial charge on any atom is -0.427 e. The fraction of sp³-hybridized carbons (Fsp3) is 0.263. The van der Waals surface area contributed by atoms with Crippen molar-refractivity contribution >= 4 is 23.3 Å². The second kappa shape index (κ2) is 7.81. The summed E-state index contributed by atoms with van der Waals surface area (Å²) in [5.41, 5.74) is 2.37. The van der Waals surface area contributed by atoms with E-state index in [1.54, 1.807) is 24.3 Å². The van der Waals surface area contributed by atoms with Gasteiger partial charge in [-0.15, -0.1) is 0 Å². The van der Waals surface area contributed by atoms with E-state index in [0.717, 1.165) is 31.9 Å². The summed E-state index contributed by atoms with van der Waals surface area (Å²) in [5, 5.41) is 6.16. The van der Waals surface area contributed by atoms with Gasteiger partial charge < -0.3 is 20.3 Å². The maximum absolute atomic E-state index is 12.3. The summed E-state index contributed by atoms with van der Waals surface area (Å²) in [5.74, 6) is -0.0978. The highest BCUT2D eigenvalue weighted by atomic mass is 16.5. The van der Waals surface area contributed by atoms with E-state index >= 15 is 0 Å². The van der Waals surface area contributed by atoms with E-state index in [1.165, 1.54) is 6.92 Å². The van der Waals surface area contributed by atoms with E-state index in [0.29, 0.717) is 17.0 Å². The normalized spacial score (nSPS) is 14.0. The molecule has 0 bridgehead atoms. The van der Waals surface area contributed by atoms with Crippen molar-refractivity contribution in [2.75, 3.05) is 36.4 Å². The SMILES string of the molecule is CC(=O)Oc1ccc(NC(=O)c2ccc(N3CCNCC3)cc2)cc1. The number of carbonyl (C=O) groups is 2. The van der Waals surface area contributed by atoms with E-state index in [-0.39, 0.29) is 11.9 Å². The minimum absolute atomic E-state index is 0.174. The third-order valence-electron chi connectivity index (χ3n) is 3.99. The Labute approximate surface area is 146 Å². The highest BCUT2D eigenvalue weighted by molar-refractivity contribution is 6.04. The molecule has 1 heterocycles. The molecule has 3 rings (SSSR count). The van der Waals surface area contributed by atoms with Crippen LogP contribution in [-0.4, -0.2) is 38.1 Å². The molecule has 1 saturated heterocycles. The number of amides is 1. The highest BCUT2D eigenvalue weighted by Gasteiger charge is 2.12. The molecule has 130 valence electrons. The van der Waals surface area contributed by atoms with Gasteiger partial charge in [0.1, 0.15) is 5.75 Å². The molecular weight excluding hydrogens is 318 g/mol. The first kappa shape index (κ1) is 17.0. The second-order valence-electron chi connectivity index (χ2n) is 5.86. The van der Waals surface area contributed by atoms with E-state index in [2.05, 4.69) is 15.5 Å².